The van der Waals surface area contributed by atoms with Gasteiger partial charge >= 0.3 is 0 Å². The minimum Gasteiger partial charge on any atom is -0.491 e. The fourth-order valence-electron chi connectivity index (χ4n) is 0.741. The Bertz CT molecular complexity index is 267. The Hall–Kier alpha value is -0.280. The van der Waals surface area contributed by atoms with Crippen molar-refractivity contribution in [2.24, 2.45) is 0 Å². The lowest BCUT2D eigenvalue weighted by Crippen LogP contribution is -1.98. The van der Waals surface area contributed by atoms with E-state index in [1.807, 2.05) is 0 Å². The maximum absolute atomic E-state index is 12.6. The molecule has 1 nitrogen and oxygen atoms in total. The molecule has 0 heterocycles. The van der Waals surface area contributed by atoms with Crippen LogP contribution in [0.15, 0.2) is 22.7 Å². The lowest BCUT2D eigenvalue weighted by molar-refractivity contribution is 0.340. The van der Waals surface area contributed by atoms with Gasteiger partial charge in [-0.15, -0.1) is 11.6 Å². The molecule has 1 aromatic rings. The number of hydrogen-bond donors (Lipinski definition) is 0. The first-order valence-electron chi connectivity index (χ1n) is 3.38. The molecular weight excluding hydrogens is 246 g/mol. The molecule has 1 rings (SSSR count). The predicted molar refractivity (Wildman–Crippen MR) is 50.3 cm³/mol. The molecule has 0 aliphatic carbocycles. The first-order valence-corrected chi connectivity index (χ1v) is 4.70. The molecule has 4 heteroatoms. The molecule has 0 radical (unpaired) electrons. The highest BCUT2D eigenvalue weighted by molar-refractivity contribution is 9.10. The number of ether oxygens (including phenoxy) is 1. The van der Waals surface area contributed by atoms with Crippen LogP contribution >= 0.6 is 27.5 Å². The number of hydrogen-bond acceptors (Lipinski definition) is 1. The van der Waals surface area contributed by atoms with Crippen molar-refractivity contribution in [2.45, 2.75) is 0 Å². The summed E-state index contributed by atoms with van der Waals surface area (Å²) in [6.07, 6.45) is 0. The van der Waals surface area contributed by atoms with Gasteiger partial charge in [0, 0.05) is 0 Å². The largest absolute Gasteiger partial charge is 0.491 e. The van der Waals surface area contributed by atoms with Crippen LogP contribution in [0.2, 0.25) is 0 Å². The molecule has 0 amide bonds. The average molecular weight is 253 g/mol. The second-order valence-electron chi connectivity index (χ2n) is 2.11. The van der Waals surface area contributed by atoms with Crippen LogP contribution in [0.4, 0.5) is 4.39 Å². The Morgan fingerprint density at radius 2 is 2.25 bits per heavy atom. The van der Waals surface area contributed by atoms with E-state index in [-0.39, 0.29) is 5.82 Å². The van der Waals surface area contributed by atoms with E-state index in [4.69, 9.17) is 16.3 Å². The molecule has 0 fully saturated rings. The zero-order chi connectivity index (χ0) is 8.97. The monoisotopic (exact) mass is 252 g/mol. The molecule has 0 atom stereocenters. The van der Waals surface area contributed by atoms with Crippen molar-refractivity contribution in [3.63, 3.8) is 0 Å². The van der Waals surface area contributed by atoms with Crippen molar-refractivity contribution < 1.29 is 9.13 Å². The first-order chi connectivity index (χ1) is 5.74. The van der Waals surface area contributed by atoms with Crippen LogP contribution in [-0.2, 0) is 0 Å². The molecule has 0 aromatic heterocycles. The molecule has 0 saturated heterocycles. The van der Waals surface area contributed by atoms with Crippen molar-refractivity contribution in [1.29, 1.82) is 0 Å². The lowest BCUT2D eigenvalue weighted by atomic mass is 10.3. The molecule has 0 aliphatic rings. The van der Waals surface area contributed by atoms with Gasteiger partial charge in [0.25, 0.3) is 0 Å². The smallest absolute Gasteiger partial charge is 0.133 e. The molecule has 12 heavy (non-hydrogen) atoms. The molecule has 0 unspecified atom stereocenters. The van der Waals surface area contributed by atoms with Crippen molar-refractivity contribution in [3.05, 3.63) is 28.5 Å². The Balaban J connectivity index is 2.72. The van der Waals surface area contributed by atoms with Crippen LogP contribution in [-0.4, -0.2) is 12.5 Å². The fourth-order valence-corrected chi connectivity index (χ4v) is 1.28. The highest BCUT2D eigenvalue weighted by atomic mass is 79.9. The molecule has 1 aromatic carbocycles. The summed E-state index contributed by atoms with van der Waals surface area (Å²) in [6.45, 7) is 0.422. The van der Waals surface area contributed by atoms with Crippen molar-refractivity contribution in [2.75, 3.05) is 12.5 Å². The number of rotatable bonds is 3. The third kappa shape index (κ3) is 2.64. The standard InChI is InChI=1S/C8H7BrClFO/c9-7-5-6(11)1-2-8(7)12-4-3-10/h1-2,5H,3-4H2. The van der Waals surface area contributed by atoms with Gasteiger partial charge in [0.2, 0.25) is 0 Å². The Morgan fingerprint density at radius 3 is 2.83 bits per heavy atom. The summed E-state index contributed by atoms with van der Waals surface area (Å²) < 4.78 is 18.4. The second-order valence-corrected chi connectivity index (χ2v) is 3.34. The summed E-state index contributed by atoms with van der Waals surface area (Å²) in [6, 6.07) is 4.25. The molecule has 66 valence electrons. The van der Waals surface area contributed by atoms with Crippen molar-refractivity contribution in [1.82, 2.24) is 0 Å². The fraction of sp³-hybridized carbons (Fsp3) is 0.250. The van der Waals surface area contributed by atoms with Crippen LogP contribution in [0.5, 0.6) is 5.75 Å². The zero-order valence-corrected chi connectivity index (χ0v) is 8.53. The van der Waals surface area contributed by atoms with Gasteiger partial charge in [-0.2, -0.15) is 0 Å². The third-order valence-electron chi connectivity index (χ3n) is 1.23. The van der Waals surface area contributed by atoms with E-state index in [2.05, 4.69) is 15.9 Å². The second kappa shape index (κ2) is 4.67. The van der Waals surface area contributed by atoms with Gasteiger partial charge in [-0.05, 0) is 34.1 Å². The van der Waals surface area contributed by atoms with Gasteiger partial charge in [0.1, 0.15) is 18.2 Å². The summed E-state index contributed by atoms with van der Waals surface area (Å²) in [5, 5.41) is 0. The zero-order valence-electron chi connectivity index (χ0n) is 6.19. The van der Waals surface area contributed by atoms with Crippen LogP contribution in [0.3, 0.4) is 0 Å². The summed E-state index contributed by atoms with van der Waals surface area (Å²) >= 11 is 8.59. The van der Waals surface area contributed by atoms with Crippen LogP contribution < -0.4 is 4.74 Å². The Labute approximate surface area is 83.6 Å². The average Bonchev–Trinajstić information content (AvgIpc) is 2.03. The van der Waals surface area contributed by atoms with Gasteiger partial charge in [-0.25, -0.2) is 4.39 Å². The Kier molecular flexibility index (Phi) is 3.82. The third-order valence-corrected chi connectivity index (χ3v) is 2.00. The molecular formula is C8H7BrClFO. The topological polar surface area (TPSA) is 9.23 Å². The highest BCUT2D eigenvalue weighted by Crippen LogP contribution is 2.25. The summed E-state index contributed by atoms with van der Waals surface area (Å²) in [5.74, 6) is 0.737. The van der Waals surface area contributed by atoms with Gasteiger partial charge in [-0.3, -0.25) is 0 Å². The maximum Gasteiger partial charge on any atom is 0.133 e. The highest BCUT2D eigenvalue weighted by Gasteiger charge is 2.01. The molecule has 0 N–H and O–H groups in total. The van der Waals surface area contributed by atoms with E-state index in [1.165, 1.54) is 12.1 Å². The number of alkyl halides is 1. The SMILES string of the molecule is Fc1ccc(OCCCl)c(Br)c1. The number of halogens is 3. The van der Waals surface area contributed by atoms with Crippen molar-refractivity contribution >= 4 is 27.5 Å². The van der Waals surface area contributed by atoms with E-state index in [0.717, 1.165) is 0 Å². The lowest BCUT2D eigenvalue weighted by Gasteiger charge is -2.05. The van der Waals surface area contributed by atoms with Crippen LogP contribution in [0.1, 0.15) is 0 Å². The summed E-state index contributed by atoms with van der Waals surface area (Å²) in [5.41, 5.74) is 0. The molecule has 0 spiro atoms. The molecule has 0 bridgehead atoms. The van der Waals surface area contributed by atoms with Gasteiger partial charge < -0.3 is 4.74 Å². The van der Waals surface area contributed by atoms with E-state index >= 15 is 0 Å². The molecule has 0 aliphatic heterocycles. The van der Waals surface area contributed by atoms with E-state index < -0.39 is 0 Å². The van der Waals surface area contributed by atoms with Gasteiger partial charge in [0.15, 0.2) is 0 Å². The van der Waals surface area contributed by atoms with Gasteiger partial charge in [0.05, 0.1) is 10.4 Å². The minimum atomic E-state index is -0.292. The van der Waals surface area contributed by atoms with E-state index in [1.54, 1.807) is 6.07 Å². The summed E-state index contributed by atoms with van der Waals surface area (Å²) in [4.78, 5) is 0. The summed E-state index contributed by atoms with van der Waals surface area (Å²) in [7, 11) is 0. The van der Waals surface area contributed by atoms with E-state index in [0.29, 0.717) is 22.7 Å². The van der Waals surface area contributed by atoms with Crippen LogP contribution in [0.25, 0.3) is 0 Å². The number of benzene rings is 1. The van der Waals surface area contributed by atoms with Crippen LogP contribution in [0, 0.1) is 5.82 Å². The maximum atomic E-state index is 12.6. The van der Waals surface area contributed by atoms with Gasteiger partial charge in [-0.1, -0.05) is 0 Å². The predicted octanol–water partition coefficient (Wildman–Crippen LogP) is 3.21. The van der Waals surface area contributed by atoms with Crippen molar-refractivity contribution in [3.8, 4) is 5.75 Å². The Morgan fingerprint density at radius 1 is 1.50 bits per heavy atom. The normalized spacial score (nSPS) is 9.92. The minimum absolute atomic E-state index is 0.292. The quantitative estimate of drug-likeness (QED) is 0.752. The van der Waals surface area contributed by atoms with E-state index in [9.17, 15) is 4.39 Å². The molecule has 0 saturated carbocycles. The first kappa shape index (κ1) is 9.81.